The lowest BCUT2D eigenvalue weighted by molar-refractivity contribution is -0.130. The van der Waals surface area contributed by atoms with Crippen molar-refractivity contribution in [2.24, 2.45) is 0 Å². The van der Waals surface area contributed by atoms with Crippen molar-refractivity contribution in [3.8, 4) is 0 Å². The fourth-order valence-electron chi connectivity index (χ4n) is 2.82. The van der Waals surface area contributed by atoms with Crippen LogP contribution < -0.4 is 5.32 Å². The van der Waals surface area contributed by atoms with Gasteiger partial charge in [0.15, 0.2) is 5.78 Å². The minimum atomic E-state index is -1.15. The third-order valence-electron chi connectivity index (χ3n) is 4.34. The number of amides is 3. The van der Waals surface area contributed by atoms with E-state index in [1.165, 1.54) is 0 Å². The van der Waals surface area contributed by atoms with Gasteiger partial charge in [0, 0.05) is 10.5 Å². The molecule has 1 aliphatic heterocycles. The van der Waals surface area contributed by atoms with Crippen molar-refractivity contribution < 1.29 is 14.4 Å². The van der Waals surface area contributed by atoms with Crippen LogP contribution in [0.15, 0.2) is 59.5 Å². The van der Waals surface area contributed by atoms with Crippen LogP contribution in [0.1, 0.15) is 22.8 Å². The van der Waals surface area contributed by atoms with Gasteiger partial charge in [-0.15, -0.1) is 11.8 Å². The molecule has 3 rings (SSSR count). The first kappa shape index (κ1) is 17.2. The molecule has 6 heteroatoms. The van der Waals surface area contributed by atoms with E-state index in [2.05, 4.69) is 5.32 Å². The van der Waals surface area contributed by atoms with Crippen LogP contribution in [0.2, 0.25) is 0 Å². The van der Waals surface area contributed by atoms with E-state index in [0.717, 1.165) is 9.80 Å². The maximum atomic E-state index is 12.8. The summed E-state index contributed by atoms with van der Waals surface area (Å²) in [5.74, 6) is -0.689. The van der Waals surface area contributed by atoms with Crippen molar-refractivity contribution in [3.05, 3.63) is 65.7 Å². The van der Waals surface area contributed by atoms with Gasteiger partial charge < -0.3 is 5.32 Å². The zero-order valence-corrected chi connectivity index (χ0v) is 14.8. The molecule has 1 N–H and O–H groups in total. The number of imide groups is 1. The van der Waals surface area contributed by atoms with E-state index >= 15 is 0 Å². The summed E-state index contributed by atoms with van der Waals surface area (Å²) in [6.07, 6.45) is 1.95. The summed E-state index contributed by atoms with van der Waals surface area (Å²) in [7, 11) is 0. The average molecular weight is 354 g/mol. The second-order valence-corrected chi connectivity index (χ2v) is 6.84. The molecular formula is C19H18N2O3S. The van der Waals surface area contributed by atoms with E-state index in [4.69, 9.17) is 0 Å². The zero-order valence-electron chi connectivity index (χ0n) is 14.0. The number of nitrogens with one attached hydrogen (secondary N) is 1. The Hall–Kier alpha value is -2.60. The van der Waals surface area contributed by atoms with Gasteiger partial charge in [-0.25, -0.2) is 4.79 Å². The maximum absolute atomic E-state index is 12.8. The lowest BCUT2D eigenvalue weighted by Crippen LogP contribution is -2.41. The quantitative estimate of drug-likeness (QED) is 0.509. The number of carbonyl (C=O) groups is 3. The SMILES string of the molecule is CSc1ccc(C(=O)CN2C(=O)NC(C)(c3ccccc3)C2=O)cc1. The maximum Gasteiger partial charge on any atom is 0.325 e. The van der Waals surface area contributed by atoms with E-state index in [1.54, 1.807) is 55.1 Å². The van der Waals surface area contributed by atoms with Crippen LogP contribution in [-0.2, 0) is 10.3 Å². The number of nitrogens with zero attached hydrogens (tertiary/aromatic N) is 1. The van der Waals surface area contributed by atoms with Gasteiger partial charge in [-0.2, -0.15) is 0 Å². The molecule has 1 aliphatic rings. The smallest absolute Gasteiger partial charge is 0.319 e. The van der Waals surface area contributed by atoms with Gasteiger partial charge in [-0.1, -0.05) is 42.5 Å². The normalized spacial score (nSPS) is 19.8. The Kier molecular flexibility index (Phi) is 4.63. The Bertz CT molecular complexity index is 820. The number of urea groups is 1. The summed E-state index contributed by atoms with van der Waals surface area (Å²) >= 11 is 1.58. The highest BCUT2D eigenvalue weighted by atomic mass is 32.2. The Morgan fingerprint density at radius 3 is 2.32 bits per heavy atom. The van der Waals surface area contributed by atoms with Crippen molar-refractivity contribution in [1.29, 1.82) is 0 Å². The van der Waals surface area contributed by atoms with Crippen molar-refractivity contribution >= 4 is 29.5 Å². The van der Waals surface area contributed by atoms with E-state index in [1.807, 2.05) is 24.5 Å². The standard InChI is InChI=1S/C19H18N2O3S/c1-19(14-6-4-3-5-7-14)17(23)21(18(24)20-19)12-16(22)13-8-10-15(25-2)11-9-13/h3-11H,12H2,1-2H3,(H,20,24). The molecule has 3 amide bonds. The van der Waals surface area contributed by atoms with Gasteiger partial charge in [0.25, 0.3) is 5.91 Å². The van der Waals surface area contributed by atoms with Crippen LogP contribution in [0.4, 0.5) is 4.79 Å². The first-order valence-corrected chi connectivity index (χ1v) is 9.05. The number of rotatable bonds is 5. The third-order valence-corrected chi connectivity index (χ3v) is 5.08. The Morgan fingerprint density at radius 1 is 1.08 bits per heavy atom. The van der Waals surface area contributed by atoms with Gasteiger partial charge in [0.05, 0.1) is 6.54 Å². The molecule has 1 heterocycles. The number of Topliss-reactive ketones (excluding diaryl/α,β-unsaturated/α-hetero) is 1. The Labute approximate surface area is 150 Å². The summed E-state index contributed by atoms with van der Waals surface area (Å²) in [6, 6.07) is 15.6. The number of benzene rings is 2. The molecule has 128 valence electrons. The highest BCUT2D eigenvalue weighted by Crippen LogP contribution is 2.28. The first-order valence-electron chi connectivity index (χ1n) is 7.82. The Morgan fingerprint density at radius 2 is 1.72 bits per heavy atom. The van der Waals surface area contributed by atoms with Gasteiger partial charge >= 0.3 is 6.03 Å². The molecule has 1 unspecified atom stereocenters. The van der Waals surface area contributed by atoms with Crippen molar-refractivity contribution in [2.75, 3.05) is 12.8 Å². The molecule has 5 nitrogen and oxygen atoms in total. The number of ketones is 1. The molecule has 2 aromatic rings. The predicted molar refractivity (Wildman–Crippen MR) is 96.6 cm³/mol. The lowest BCUT2D eigenvalue weighted by Gasteiger charge is -2.22. The highest BCUT2D eigenvalue weighted by Gasteiger charge is 2.49. The predicted octanol–water partition coefficient (Wildman–Crippen LogP) is 3.06. The molecule has 0 aromatic heterocycles. The molecule has 1 saturated heterocycles. The Balaban J connectivity index is 1.80. The van der Waals surface area contributed by atoms with Crippen molar-refractivity contribution in [1.82, 2.24) is 10.2 Å². The number of hydrogen-bond donors (Lipinski definition) is 1. The fraction of sp³-hybridized carbons (Fsp3) is 0.211. The van der Waals surface area contributed by atoms with E-state index in [-0.39, 0.29) is 12.3 Å². The summed E-state index contributed by atoms with van der Waals surface area (Å²) in [4.78, 5) is 39.6. The number of thioether (sulfide) groups is 1. The van der Waals surface area contributed by atoms with Crippen molar-refractivity contribution in [2.45, 2.75) is 17.4 Å². The van der Waals surface area contributed by atoms with Gasteiger partial charge in [-0.05, 0) is 30.9 Å². The largest absolute Gasteiger partial charge is 0.325 e. The van der Waals surface area contributed by atoms with Gasteiger partial charge in [0.1, 0.15) is 5.54 Å². The third kappa shape index (κ3) is 3.17. The second-order valence-electron chi connectivity index (χ2n) is 5.96. The molecule has 0 spiro atoms. The highest BCUT2D eigenvalue weighted by molar-refractivity contribution is 7.98. The van der Waals surface area contributed by atoms with E-state index in [0.29, 0.717) is 11.1 Å². The van der Waals surface area contributed by atoms with Crippen LogP contribution in [-0.4, -0.2) is 35.4 Å². The summed E-state index contributed by atoms with van der Waals surface area (Å²) < 4.78 is 0. The van der Waals surface area contributed by atoms with E-state index < -0.39 is 17.5 Å². The van der Waals surface area contributed by atoms with Crippen LogP contribution in [0.25, 0.3) is 0 Å². The molecule has 1 fully saturated rings. The van der Waals surface area contributed by atoms with Crippen LogP contribution in [0, 0.1) is 0 Å². The average Bonchev–Trinajstić information content (AvgIpc) is 2.86. The molecule has 0 radical (unpaired) electrons. The minimum Gasteiger partial charge on any atom is -0.319 e. The monoisotopic (exact) mass is 354 g/mol. The fourth-order valence-corrected chi connectivity index (χ4v) is 3.23. The topological polar surface area (TPSA) is 66.5 Å². The van der Waals surface area contributed by atoms with Crippen LogP contribution in [0.5, 0.6) is 0 Å². The first-order chi connectivity index (χ1) is 12.0. The molecule has 0 saturated carbocycles. The lowest BCUT2D eigenvalue weighted by atomic mass is 9.92. The van der Waals surface area contributed by atoms with Crippen molar-refractivity contribution in [3.63, 3.8) is 0 Å². The molecule has 1 atom stereocenters. The molecule has 25 heavy (non-hydrogen) atoms. The second kappa shape index (κ2) is 6.72. The van der Waals surface area contributed by atoms with E-state index in [9.17, 15) is 14.4 Å². The molecule has 0 aliphatic carbocycles. The summed E-state index contributed by atoms with van der Waals surface area (Å²) in [6.45, 7) is 1.38. The molecule has 2 aromatic carbocycles. The molecule has 0 bridgehead atoms. The van der Waals surface area contributed by atoms with Crippen LogP contribution >= 0.6 is 11.8 Å². The summed E-state index contributed by atoms with van der Waals surface area (Å²) in [5, 5.41) is 2.70. The van der Waals surface area contributed by atoms with Crippen LogP contribution in [0.3, 0.4) is 0 Å². The number of hydrogen-bond acceptors (Lipinski definition) is 4. The minimum absolute atomic E-state index is 0.270. The number of carbonyl (C=O) groups excluding carboxylic acids is 3. The zero-order chi connectivity index (χ0) is 18.0. The van der Waals surface area contributed by atoms with Gasteiger partial charge in [-0.3, -0.25) is 14.5 Å². The molecular weight excluding hydrogens is 336 g/mol. The summed E-state index contributed by atoms with van der Waals surface area (Å²) in [5.41, 5.74) is 0.0146. The van der Waals surface area contributed by atoms with Gasteiger partial charge in [0.2, 0.25) is 0 Å².